The molecule has 0 atom stereocenters. The third-order valence-electron chi connectivity index (χ3n) is 2.04. The van der Waals surface area contributed by atoms with E-state index < -0.39 is 0 Å². The summed E-state index contributed by atoms with van der Waals surface area (Å²) < 4.78 is 5.09. The number of rotatable bonds is 2. The number of hydrogen-bond donors (Lipinski definition) is 1. The van der Waals surface area contributed by atoms with Crippen LogP contribution >= 0.6 is 0 Å². The summed E-state index contributed by atoms with van der Waals surface area (Å²) in [5.74, 6) is 0.788. The first-order valence-corrected chi connectivity index (χ1v) is 4.44. The summed E-state index contributed by atoms with van der Waals surface area (Å²) in [6.45, 7) is 0. The quantitative estimate of drug-likeness (QED) is 0.807. The largest absolute Gasteiger partial charge is 0.504 e. The highest BCUT2D eigenvalue weighted by molar-refractivity contribution is 5.66. The number of methoxy groups -OCH3 is 1. The molecule has 1 heterocycles. The Hall–Kier alpha value is -2.10. The van der Waals surface area contributed by atoms with Gasteiger partial charge in [0.2, 0.25) is 0 Å². The van der Waals surface area contributed by atoms with E-state index in [9.17, 15) is 5.11 Å². The first-order valence-electron chi connectivity index (χ1n) is 4.44. The molecule has 0 unspecified atom stereocenters. The van der Waals surface area contributed by atoms with Gasteiger partial charge in [-0.3, -0.25) is 0 Å². The summed E-state index contributed by atoms with van der Waals surface area (Å²) >= 11 is 0. The van der Waals surface area contributed by atoms with Gasteiger partial charge in [-0.2, -0.15) is 0 Å². The lowest BCUT2D eigenvalue weighted by Crippen LogP contribution is -1.87. The third-order valence-corrected chi connectivity index (χ3v) is 2.04. The van der Waals surface area contributed by atoms with Crippen LogP contribution in [0.4, 0.5) is 0 Å². The van der Waals surface area contributed by atoms with E-state index in [1.54, 1.807) is 7.11 Å². The molecule has 0 amide bonds. The van der Waals surface area contributed by atoms with Crippen LogP contribution in [0.1, 0.15) is 0 Å². The highest BCUT2D eigenvalue weighted by Crippen LogP contribution is 2.27. The molecule has 76 valence electrons. The average Bonchev–Trinajstić information content (AvgIpc) is 2.30. The highest BCUT2D eigenvalue weighted by Gasteiger charge is 2.05. The first kappa shape index (κ1) is 9.45. The van der Waals surface area contributed by atoms with Crippen molar-refractivity contribution in [1.29, 1.82) is 0 Å². The summed E-state index contributed by atoms with van der Waals surface area (Å²) in [6.07, 6.45) is 2.76. The standard InChI is InChI=1S/C11H10N2O2/c1-15-9-4-2-3-8(5-9)11-10(14)6-12-7-13-11/h2-7,14H,1H3. The molecule has 0 saturated carbocycles. The number of benzene rings is 1. The Morgan fingerprint density at radius 3 is 2.93 bits per heavy atom. The van der Waals surface area contributed by atoms with E-state index in [0.717, 1.165) is 11.3 Å². The van der Waals surface area contributed by atoms with Crippen LogP contribution in [0.15, 0.2) is 36.8 Å². The lowest BCUT2D eigenvalue weighted by atomic mass is 10.1. The zero-order valence-electron chi connectivity index (χ0n) is 8.21. The van der Waals surface area contributed by atoms with Crippen molar-refractivity contribution in [2.75, 3.05) is 7.11 Å². The third kappa shape index (κ3) is 1.88. The van der Waals surface area contributed by atoms with Crippen LogP contribution in [-0.4, -0.2) is 22.2 Å². The Labute approximate surface area is 87.2 Å². The van der Waals surface area contributed by atoms with E-state index in [0.29, 0.717) is 5.69 Å². The van der Waals surface area contributed by atoms with E-state index >= 15 is 0 Å². The van der Waals surface area contributed by atoms with Crippen LogP contribution < -0.4 is 4.74 Å². The summed E-state index contributed by atoms with van der Waals surface area (Å²) in [7, 11) is 1.60. The Morgan fingerprint density at radius 1 is 1.33 bits per heavy atom. The van der Waals surface area contributed by atoms with Gasteiger partial charge in [0.1, 0.15) is 17.8 Å². The Morgan fingerprint density at radius 2 is 2.20 bits per heavy atom. The van der Waals surface area contributed by atoms with Gasteiger partial charge in [0.05, 0.1) is 13.3 Å². The maximum atomic E-state index is 9.56. The molecular weight excluding hydrogens is 192 g/mol. The molecule has 2 rings (SSSR count). The second-order valence-electron chi connectivity index (χ2n) is 2.99. The molecule has 0 aliphatic heterocycles. The molecule has 1 aromatic heterocycles. The second-order valence-corrected chi connectivity index (χ2v) is 2.99. The fourth-order valence-electron chi connectivity index (χ4n) is 1.32. The maximum absolute atomic E-state index is 9.56. The molecule has 2 aromatic rings. The Kier molecular flexibility index (Phi) is 2.49. The molecule has 0 aliphatic rings. The van der Waals surface area contributed by atoms with Crippen LogP contribution in [0.2, 0.25) is 0 Å². The van der Waals surface area contributed by atoms with E-state index in [1.165, 1.54) is 12.5 Å². The van der Waals surface area contributed by atoms with Gasteiger partial charge in [-0.1, -0.05) is 12.1 Å². The lowest BCUT2D eigenvalue weighted by molar-refractivity contribution is 0.415. The van der Waals surface area contributed by atoms with Crippen molar-refractivity contribution in [1.82, 2.24) is 9.97 Å². The molecule has 4 heteroatoms. The molecule has 0 bridgehead atoms. The molecule has 1 N–H and O–H groups in total. The van der Waals surface area contributed by atoms with Gasteiger partial charge < -0.3 is 9.84 Å². The van der Waals surface area contributed by atoms with E-state index in [-0.39, 0.29) is 5.75 Å². The zero-order chi connectivity index (χ0) is 10.7. The van der Waals surface area contributed by atoms with Crippen molar-refractivity contribution < 1.29 is 9.84 Å². The SMILES string of the molecule is COc1cccc(-c2ncncc2O)c1. The smallest absolute Gasteiger partial charge is 0.160 e. The predicted octanol–water partition coefficient (Wildman–Crippen LogP) is 1.86. The van der Waals surface area contributed by atoms with Crippen molar-refractivity contribution >= 4 is 0 Å². The van der Waals surface area contributed by atoms with Crippen LogP contribution in [0.25, 0.3) is 11.3 Å². The molecule has 0 radical (unpaired) electrons. The monoisotopic (exact) mass is 202 g/mol. The molecule has 0 spiro atoms. The number of ether oxygens (including phenoxy) is 1. The van der Waals surface area contributed by atoms with E-state index in [1.807, 2.05) is 24.3 Å². The first-order chi connectivity index (χ1) is 7.31. The summed E-state index contributed by atoms with van der Waals surface area (Å²) in [6, 6.07) is 7.34. The van der Waals surface area contributed by atoms with Gasteiger partial charge in [-0.25, -0.2) is 9.97 Å². The van der Waals surface area contributed by atoms with Gasteiger partial charge >= 0.3 is 0 Å². The second kappa shape index (κ2) is 3.96. The maximum Gasteiger partial charge on any atom is 0.160 e. The minimum atomic E-state index is 0.0609. The van der Waals surface area contributed by atoms with Gasteiger partial charge in [-0.05, 0) is 12.1 Å². The number of aromatic nitrogens is 2. The number of hydrogen-bond acceptors (Lipinski definition) is 4. The molecule has 15 heavy (non-hydrogen) atoms. The minimum absolute atomic E-state index is 0.0609. The van der Waals surface area contributed by atoms with Crippen molar-refractivity contribution in [3.05, 3.63) is 36.8 Å². The zero-order valence-corrected chi connectivity index (χ0v) is 8.21. The molecule has 4 nitrogen and oxygen atoms in total. The fraction of sp³-hybridized carbons (Fsp3) is 0.0909. The van der Waals surface area contributed by atoms with Crippen molar-refractivity contribution in [2.45, 2.75) is 0 Å². The van der Waals surface area contributed by atoms with Gasteiger partial charge in [0.15, 0.2) is 5.75 Å². The van der Waals surface area contributed by atoms with Gasteiger partial charge in [-0.15, -0.1) is 0 Å². The lowest BCUT2D eigenvalue weighted by Gasteiger charge is -2.04. The topological polar surface area (TPSA) is 55.2 Å². The number of nitrogens with zero attached hydrogens (tertiary/aromatic N) is 2. The summed E-state index contributed by atoms with van der Waals surface area (Å²) in [4.78, 5) is 7.73. The van der Waals surface area contributed by atoms with Gasteiger partial charge in [0, 0.05) is 5.56 Å². The Balaban J connectivity index is 2.49. The van der Waals surface area contributed by atoms with Crippen LogP contribution in [0.5, 0.6) is 11.5 Å². The van der Waals surface area contributed by atoms with E-state index in [2.05, 4.69) is 9.97 Å². The van der Waals surface area contributed by atoms with E-state index in [4.69, 9.17) is 4.74 Å². The van der Waals surface area contributed by atoms with Crippen LogP contribution in [0, 0.1) is 0 Å². The normalized spacial score (nSPS) is 9.93. The number of aromatic hydroxyl groups is 1. The Bertz CT molecular complexity index is 472. The van der Waals surface area contributed by atoms with Crippen molar-refractivity contribution in [3.63, 3.8) is 0 Å². The predicted molar refractivity (Wildman–Crippen MR) is 55.7 cm³/mol. The molecule has 1 aromatic carbocycles. The highest BCUT2D eigenvalue weighted by atomic mass is 16.5. The molecule has 0 fully saturated rings. The van der Waals surface area contributed by atoms with Crippen molar-refractivity contribution in [2.24, 2.45) is 0 Å². The molecule has 0 aliphatic carbocycles. The average molecular weight is 202 g/mol. The molecular formula is C11H10N2O2. The molecule has 0 saturated heterocycles. The van der Waals surface area contributed by atoms with Gasteiger partial charge in [0.25, 0.3) is 0 Å². The summed E-state index contributed by atoms with van der Waals surface area (Å²) in [5, 5.41) is 9.56. The van der Waals surface area contributed by atoms with Crippen LogP contribution in [0.3, 0.4) is 0 Å². The summed E-state index contributed by atoms with van der Waals surface area (Å²) in [5.41, 5.74) is 1.30. The van der Waals surface area contributed by atoms with Crippen molar-refractivity contribution in [3.8, 4) is 22.8 Å². The van der Waals surface area contributed by atoms with Crippen LogP contribution in [-0.2, 0) is 0 Å². The fourth-order valence-corrected chi connectivity index (χ4v) is 1.32. The minimum Gasteiger partial charge on any atom is -0.504 e.